The number of carbonyl (C=O) groups excluding carboxylic acids is 1. The second-order valence-electron chi connectivity index (χ2n) is 6.47. The molecule has 1 saturated heterocycles. The third-order valence-corrected chi connectivity index (χ3v) is 4.67. The zero-order chi connectivity index (χ0) is 18.7. The van der Waals surface area contributed by atoms with E-state index in [2.05, 4.69) is 10.4 Å². The second kappa shape index (κ2) is 7.49. The van der Waals surface area contributed by atoms with Crippen LogP contribution >= 0.6 is 0 Å². The predicted octanol–water partition coefficient (Wildman–Crippen LogP) is 2.96. The number of carbonyl (C=O) groups is 1. The number of alkyl halides is 3. The fraction of sp³-hybridized carbons (Fsp3) is 0.444. The van der Waals surface area contributed by atoms with Gasteiger partial charge in [-0.2, -0.15) is 18.3 Å². The minimum atomic E-state index is -4.51. The van der Waals surface area contributed by atoms with Crippen molar-refractivity contribution in [3.8, 4) is 5.69 Å². The summed E-state index contributed by atoms with van der Waals surface area (Å²) in [5, 5.41) is 6.91. The van der Waals surface area contributed by atoms with E-state index < -0.39 is 11.9 Å². The van der Waals surface area contributed by atoms with Crippen LogP contribution in [0.1, 0.15) is 28.9 Å². The van der Waals surface area contributed by atoms with Crippen LogP contribution in [-0.2, 0) is 6.18 Å². The number of nitrogens with zero attached hydrogens (tertiary/aromatic N) is 3. The third-order valence-electron chi connectivity index (χ3n) is 4.67. The summed E-state index contributed by atoms with van der Waals surface area (Å²) in [6.07, 6.45) is -1.57. The van der Waals surface area contributed by atoms with Crippen molar-refractivity contribution in [2.45, 2.75) is 19.0 Å². The average molecular weight is 366 g/mol. The van der Waals surface area contributed by atoms with Gasteiger partial charge in [0.1, 0.15) is 5.69 Å². The first kappa shape index (κ1) is 18.4. The number of halogens is 3. The molecule has 0 radical (unpaired) electrons. The number of hydrogen-bond donors (Lipinski definition) is 1. The summed E-state index contributed by atoms with van der Waals surface area (Å²) >= 11 is 0. The highest BCUT2D eigenvalue weighted by molar-refractivity contribution is 5.94. The van der Waals surface area contributed by atoms with E-state index in [1.54, 1.807) is 17.0 Å². The summed E-state index contributed by atoms with van der Waals surface area (Å²) in [7, 11) is 1.91. The molecule has 2 heterocycles. The summed E-state index contributed by atoms with van der Waals surface area (Å²) in [6.45, 7) is 2.24. The monoisotopic (exact) mass is 366 g/mol. The molecule has 1 N–H and O–H groups in total. The zero-order valence-corrected chi connectivity index (χ0v) is 14.5. The van der Waals surface area contributed by atoms with E-state index in [1.165, 1.54) is 12.1 Å². The number of benzene rings is 1. The Morgan fingerprint density at radius 3 is 2.65 bits per heavy atom. The van der Waals surface area contributed by atoms with Gasteiger partial charge in [0.25, 0.3) is 5.91 Å². The highest BCUT2D eigenvalue weighted by atomic mass is 19.4. The first-order chi connectivity index (χ1) is 12.4. The molecule has 5 nitrogen and oxygen atoms in total. The fourth-order valence-corrected chi connectivity index (χ4v) is 3.31. The number of nitrogens with one attached hydrogen (secondary N) is 1. The van der Waals surface area contributed by atoms with Crippen LogP contribution in [0.5, 0.6) is 0 Å². The Bertz CT molecular complexity index is 764. The maximum absolute atomic E-state index is 13.1. The van der Waals surface area contributed by atoms with E-state index in [-0.39, 0.29) is 11.6 Å². The van der Waals surface area contributed by atoms with Crippen LogP contribution < -0.4 is 5.32 Å². The van der Waals surface area contributed by atoms with Gasteiger partial charge in [0.15, 0.2) is 0 Å². The Hall–Kier alpha value is -2.35. The van der Waals surface area contributed by atoms with Crippen molar-refractivity contribution in [1.82, 2.24) is 20.0 Å². The lowest BCUT2D eigenvalue weighted by Gasteiger charge is -2.32. The van der Waals surface area contributed by atoms with E-state index in [0.717, 1.165) is 36.3 Å². The molecule has 0 aliphatic carbocycles. The molecule has 26 heavy (non-hydrogen) atoms. The summed E-state index contributed by atoms with van der Waals surface area (Å²) in [4.78, 5) is 14.5. The molecular weight excluding hydrogens is 345 g/mol. The summed E-state index contributed by atoms with van der Waals surface area (Å²) in [6, 6.07) is 7.10. The number of rotatable bonds is 4. The molecule has 1 amide bonds. The normalized spacial score (nSPS) is 16.1. The third kappa shape index (κ3) is 3.90. The maximum atomic E-state index is 13.1. The van der Waals surface area contributed by atoms with Gasteiger partial charge in [-0.3, -0.25) is 4.79 Å². The van der Waals surface area contributed by atoms with Crippen molar-refractivity contribution in [1.29, 1.82) is 0 Å². The summed E-state index contributed by atoms with van der Waals surface area (Å²) < 4.78 is 40.0. The molecule has 1 aromatic carbocycles. The molecule has 1 aromatic heterocycles. The van der Waals surface area contributed by atoms with Crippen molar-refractivity contribution in [2.24, 2.45) is 5.92 Å². The minimum Gasteiger partial charge on any atom is -0.339 e. The van der Waals surface area contributed by atoms with E-state index in [0.29, 0.717) is 24.6 Å². The Morgan fingerprint density at radius 1 is 1.27 bits per heavy atom. The van der Waals surface area contributed by atoms with Crippen molar-refractivity contribution < 1.29 is 18.0 Å². The fourth-order valence-electron chi connectivity index (χ4n) is 3.31. The first-order valence-electron chi connectivity index (χ1n) is 8.55. The number of likely N-dealkylation sites (tertiary alicyclic amines) is 1. The lowest BCUT2D eigenvalue weighted by molar-refractivity contribution is -0.142. The van der Waals surface area contributed by atoms with Crippen LogP contribution in [0, 0.1) is 5.92 Å². The Morgan fingerprint density at radius 2 is 2.00 bits per heavy atom. The summed E-state index contributed by atoms with van der Waals surface area (Å²) in [5.41, 5.74) is -0.272. The van der Waals surface area contributed by atoms with Gasteiger partial charge in [-0.05, 0) is 56.6 Å². The molecule has 3 rings (SSSR count). The highest BCUT2D eigenvalue weighted by Gasteiger charge is 2.35. The molecule has 1 aliphatic rings. The smallest absolute Gasteiger partial charge is 0.339 e. The maximum Gasteiger partial charge on any atom is 0.433 e. The quantitative estimate of drug-likeness (QED) is 0.905. The first-order valence-corrected chi connectivity index (χ1v) is 8.55. The van der Waals surface area contributed by atoms with Gasteiger partial charge in [0, 0.05) is 18.7 Å². The number of hydrogen-bond acceptors (Lipinski definition) is 3. The van der Waals surface area contributed by atoms with Gasteiger partial charge in [-0.1, -0.05) is 6.07 Å². The van der Waals surface area contributed by atoms with Crippen LogP contribution in [0.15, 0.2) is 36.5 Å². The molecule has 0 atom stereocenters. The number of piperidine rings is 1. The molecular formula is C18H21F3N4O. The average Bonchev–Trinajstić information content (AvgIpc) is 3.12. The van der Waals surface area contributed by atoms with E-state index >= 15 is 0 Å². The molecule has 140 valence electrons. The van der Waals surface area contributed by atoms with Gasteiger partial charge in [0.05, 0.1) is 11.9 Å². The molecule has 0 unspecified atom stereocenters. The highest BCUT2D eigenvalue weighted by Crippen LogP contribution is 2.30. The van der Waals surface area contributed by atoms with Crippen LogP contribution in [0.3, 0.4) is 0 Å². The Balaban J connectivity index is 1.78. The van der Waals surface area contributed by atoms with Gasteiger partial charge < -0.3 is 10.2 Å². The zero-order valence-electron chi connectivity index (χ0n) is 14.5. The lowest BCUT2D eigenvalue weighted by atomic mass is 9.96. The molecule has 1 fully saturated rings. The van der Waals surface area contributed by atoms with Gasteiger partial charge in [0.2, 0.25) is 0 Å². The number of amides is 1. The molecule has 0 spiro atoms. The molecule has 0 bridgehead atoms. The topological polar surface area (TPSA) is 50.2 Å². The van der Waals surface area contributed by atoms with Gasteiger partial charge in [-0.15, -0.1) is 0 Å². The van der Waals surface area contributed by atoms with Crippen LogP contribution in [0.25, 0.3) is 5.69 Å². The van der Waals surface area contributed by atoms with E-state index in [1.807, 2.05) is 7.05 Å². The van der Waals surface area contributed by atoms with Gasteiger partial charge >= 0.3 is 6.18 Å². The molecule has 8 heteroatoms. The standard InChI is InChI=1S/C18H21F3N4O/c1-22-12-13-6-9-24(10-7-13)17(26)14-3-2-4-15(11-14)25-16(5-8-23-25)18(19,20)21/h2-5,8,11,13,22H,6-7,9-10,12H2,1H3. The van der Waals surface area contributed by atoms with Crippen molar-refractivity contribution >= 4 is 5.91 Å². The SMILES string of the molecule is CNCC1CCN(C(=O)c2cccc(-n3nccc3C(F)(F)F)c2)CC1. The largest absolute Gasteiger partial charge is 0.433 e. The number of aromatic nitrogens is 2. The molecule has 1 aliphatic heterocycles. The predicted molar refractivity (Wildman–Crippen MR) is 91.1 cm³/mol. The van der Waals surface area contributed by atoms with Crippen molar-refractivity contribution in [3.05, 3.63) is 47.8 Å². The van der Waals surface area contributed by atoms with E-state index in [4.69, 9.17) is 0 Å². The Labute approximate surface area is 149 Å². The summed E-state index contributed by atoms with van der Waals surface area (Å²) in [5.74, 6) is 0.393. The molecule has 0 saturated carbocycles. The Kier molecular flexibility index (Phi) is 5.31. The minimum absolute atomic E-state index is 0.157. The van der Waals surface area contributed by atoms with Gasteiger partial charge in [-0.25, -0.2) is 4.68 Å². The van der Waals surface area contributed by atoms with Crippen molar-refractivity contribution in [3.63, 3.8) is 0 Å². The van der Waals surface area contributed by atoms with Crippen LogP contribution in [0.2, 0.25) is 0 Å². The van der Waals surface area contributed by atoms with E-state index in [9.17, 15) is 18.0 Å². The van der Waals surface area contributed by atoms with Crippen molar-refractivity contribution in [2.75, 3.05) is 26.7 Å². The molecule has 2 aromatic rings. The van der Waals surface area contributed by atoms with Crippen LogP contribution in [-0.4, -0.2) is 47.3 Å². The van der Waals surface area contributed by atoms with Crippen LogP contribution in [0.4, 0.5) is 13.2 Å². The second-order valence-corrected chi connectivity index (χ2v) is 6.47. The lowest BCUT2D eigenvalue weighted by Crippen LogP contribution is -2.40.